The van der Waals surface area contributed by atoms with Crippen LogP contribution in [0.15, 0.2) is 70.2 Å². The summed E-state index contributed by atoms with van der Waals surface area (Å²) in [7, 11) is 0. The van der Waals surface area contributed by atoms with Gasteiger partial charge in [0, 0.05) is 10.6 Å². The topological polar surface area (TPSA) is 74.8 Å². The lowest BCUT2D eigenvalue weighted by molar-refractivity contribution is -0.129. The Hall–Kier alpha value is -2.60. The van der Waals surface area contributed by atoms with Crippen LogP contribution in [0.5, 0.6) is 0 Å². The minimum Gasteiger partial charge on any atom is -0.455 e. The normalized spacial score (nSPS) is 12.3. The van der Waals surface area contributed by atoms with Crippen LogP contribution in [0.2, 0.25) is 10.0 Å². The molecule has 1 atom stereocenters. The number of hydrogen-bond acceptors (Lipinski definition) is 4. The van der Waals surface area contributed by atoms with Crippen LogP contribution >= 0.6 is 23.2 Å². The molecule has 0 radical (unpaired) electrons. The maximum atomic E-state index is 11.9. The van der Waals surface area contributed by atoms with Crippen LogP contribution in [0.25, 0.3) is 11.3 Å². The van der Waals surface area contributed by atoms with E-state index in [2.05, 4.69) is 10.5 Å². The van der Waals surface area contributed by atoms with E-state index in [9.17, 15) is 9.90 Å². The third-order valence-corrected chi connectivity index (χ3v) is 4.12. The molecule has 0 fully saturated rings. The number of hydrazone groups is 1. The zero-order valence-electron chi connectivity index (χ0n) is 13.4. The minimum atomic E-state index is -1.30. The van der Waals surface area contributed by atoms with Gasteiger partial charge in [0.2, 0.25) is 0 Å². The van der Waals surface area contributed by atoms with Crippen molar-refractivity contribution in [2.75, 3.05) is 0 Å². The fourth-order valence-electron chi connectivity index (χ4n) is 2.26. The summed E-state index contributed by atoms with van der Waals surface area (Å²) in [6.07, 6.45) is 0.0307. The third-order valence-electron chi connectivity index (χ3n) is 3.55. The predicted octanol–water partition coefficient (Wildman–Crippen LogP) is 4.44. The molecule has 0 bridgehead atoms. The van der Waals surface area contributed by atoms with E-state index in [1.807, 2.05) is 0 Å². The molecule has 26 heavy (non-hydrogen) atoms. The Bertz CT molecular complexity index is 939. The second-order valence-corrected chi connectivity index (χ2v) is 6.22. The highest BCUT2D eigenvalue weighted by molar-refractivity contribution is 6.35. The van der Waals surface area contributed by atoms with Crippen molar-refractivity contribution < 1.29 is 14.3 Å². The molecule has 3 aromatic rings. The van der Waals surface area contributed by atoms with Gasteiger partial charge in [-0.3, -0.25) is 4.79 Å². The summed E-state index contributed by atoms with van der Waals surface area (Å²) in [6, 6.07) is 17.0. The number of aliphatic hydroxyl groups is 1. The standard InChI is InChI=1S/C19H14Cl2N2O3/c20-13-6-8-16(21)15(10-13)17-9-7-14(26-17)11-22-23-19(25)18(24)12-4-2-1-3-5-12/h1-11,18,24H,(H,23,25). The van der Waals surface area contributed by atoms with Gasteiger partial charge in [0.25, 0.3) is 5.91 Å². The van der Waals surface area contributed by atoms with Crippen molar-refractivity contribution in [2.24, 2.45) is 5.10 Å². The lowest BCUT2D eigenvalue weighted by Crippen LogP contribution is -2.25. The maximum Gasteiger partial charge on any atom is 0.273 e. The molecule has 0 aliphatic rings. The van der Waals surface area contributed by atoms with Crippen LogP contribution in [0.4, 0.5) is 0 Å². The highest BCUT2D eigenvalue weighted by atomic mass is 35.5. The van der Waals surface area contributed by atoms with E-state index >= 15 is 0 Å². The first-order valence-corrected chi connectivity index (χ1v) is 8.41. The summed E-state index contributed by atoms with van der Waals surface area (Å²) in [5.74, 6) is 0.289. The number of benzene rings is 2. The number of amides is 1. The summed E-state index contributed by atoms with van der Waals surface area (Å²) in [6.45, 7) is 0. The Morgan fingerprint density at radius 1 is 1.12 bits per heavy atom. The summed E-state index contributed by atoms with van der Waals surface area (Å²) in [5, 5.41) is 14.8. The van der Waals surface area contributed by atoms with Gasteiger partial charge in [0.05, 0.1) is 11.2 Å². The molecular weight excluding hydrogens is 375 g/mol. The molecule has 132 valence electrons. The zero-order chi connectivity index (χ0) is 18.5. The molecule has 0 aliphatic heterocycles. The van der Waals surface area contributed by atoms with Gasteiger partial charge in [-0.15, -0.1) is 0 Å². The van der Waals surface area contributed by atoms with Gasteiger partial charge in [0.1, 0.15) is 11.5 Å². The van der Waals surface area contributed by atoms with E-state index < -0.39 is 12.0 Å². The quantitative estimate of drug-likeness (QED) is 0.501. The van der Waals surface area contributed by atoms with Crippen molar-refractivity contribution >= 4 is 35.3 Å². The molecule has 2 N–H and O–H groups in total. The fraction of sp³-hybridized carbons (Fsp3) is 0.0526. The fourth-order valence-corrected chi connectivity index (χ4v) is 2.64. The van der Waals surface area contributed by atoms with Crippen molar-refractivity contribution in [3.05, 3.63) is 82.0 Å². The molecule has 5 nitrogen and oxygen atoms in total. The number of furan rings is 1. The van der Waals surface area contributed by atoms with E-state index in [4.69, 9.17) is 27.6 Å². The van der Waals surface area contributed by atoms with Gasteiger partial charge >= 0.3 is 0 Å². The first-order valence-electron chi connectivity index (χ1n) is 7.66. The number of rotatable bonds is 5. The molecule has 1 amide bonds. The number of aliphatic hydroxyl groups excluding tert-OH is 1. The molecule has 1 aromatic heterocycles. The highest BCUT2D eigenvalue weighted by Gasteiger charge is 2.16. The Morgan fingerprint density at radius 3 is 2.65 bits per heavy atom. The number of carbonyl (C=O) groups excluding carboxylic acids is 1. The lowest BCUT2D eigenvalue weighted by Gasteiger charge is -2.08. The van der Waals surface area contributed by atoms with Gasteiger partial charge in [-0.05, 0) is 35.9 Å². The van der Waals surface area contributed by atoms with Gasteiger partial charge in [-0.1, -0.05) is 53.5 Å². The largest absolute Gasteiger partial charge is 0.455 e. The molecule has 0 aliphatic carbocycles. The second-order valence-electron chi connectivity index (χ2n) is 5.37. The molecule has 2 aromatic carbocycles. The van der Waals surface area contributed by atoms with Gasteiger partial charge in [-0.2, -0.15) is 5.10 Å². The summed E-state index contributed by atoms with van der Waals surface area (Å²) in [5.41, 5.74) is 3.41. The molecular formula is C19H14Cl2N2O3. The zero-order valence-corrected chi connectivity index (χ0v) is 14.9. The number of nitrogens with one attached hydrogen (secondary N) is 1. The number of nitrogens with zero attached hydrogens (tertiary/aromatic N) is 1. The molecule has 1 heterocycles. The van der Waals surface area contributed by atoms with Crippen LogP contribution in [0, 0.1) is 0 Å². The number of carbonyl (C=O) groups is 1. The average Bonchev–Trinajstić information content (AvgIpc) is 3.12. The predicted molar refractivity (Wildman–Crippen MR) is 101 cm³/mol. The van der Waals surface area contributed by atoms with Crippen LogP contribution in [-0.2, 0) is 4.79 Å². The molecule has 0 spiro atoms. The second kappa shape index (κ2) is 8.19. The summed E-state index contributed by atoms with van der Waals surface area (Å²) < 4.78 is 5.63. The highest BCUT2D eigenvalue weighted by Crippen LogP contribution is 2.31. The monoisotopic (exact) mass is 388 g/mol. The van der Waals surface area contributed by atoms with Crippen molar-refractivity contribution in [3.63, 3.8) is 0 Å². The Morgan fingerprint density at radius 2 is 1.88 bits per heavy atom. The van der Waals surface area contributed by atoms with Crippen LogP contribution in [0.3, 0.4) is 0 Å². The van der Waals surface area contributed by atoms with Crippen LogP contribution < -0.4 is 5.43 Å². The third kappa shape index (κ3) is 4.32. The Labute approximate surface area is 159 Å². The van der Waals surface area contributed by atoms with Crippen molar-refractivity contribution in [2.45, 2.75) is 6.10 Å². The SMILES string of the molecule is O=C(NN=Cc1ccc(-c2cc(Cl)ccc2Cl)o1)C(O)c1ccccc1. The van der Waals surface area contributed by atoms with Crippen LogP contribution in [0.1, 0.15) is 17.4 Å². The smallest absolute Gasteiger partial charge is 0.273 e. The van der Waals surface area contributed by atoms with Crippen molar-refractivity contribution in [3.8, 4) is 11.3 Å². The van der Waals surface area contributed by atoms with Crippen molar-refractivity contribution in [1.29, 1.82) is 0 Å². The summed E-state index contributed by atoms with van der Waals surface area (Å²) in [4.78, 5) is 11.9. The van der Waals surface area contributed by atoms with E-state index in [-0.39, 0.29) is 0 Å². The van der Waals surface area contributed by atoms with Gasteiger partial charge in [-0.25, -0.2) is 5.43 Å². The van der Waals surface area contributed by atoms with E-state index in [1.54, 1.807) is 60.7 Å². The molecule has 3 rings (SSSR count). The number of hydrogen-bond donors (Lipinski definition) is 2. The minimum absolute atomic E-state index is 0.408. The van der Waals surface area contributed by atoms with Gasteiger partial charge in [0.15, 0.2) is 6.10 Å². The average molecular weight is 389 g/mol. The first kappa shape index (κ1) is 18.2. The summed E-state index contributed by atoms with van der Waals surface area (Å²) >= 11 is 12.1. The maximum absolute atomic E-state index is 11.9. The molecule has 1 unspecified atom stereocenters. The van der Waals surface area contributed by atoms with Crippen LogP contribution in [-0.4, -0.2) is 17.2 Å². The van der Waals surface area contributed by atoms with Crippen molar-refractivity contribution in [1.82, 2.24) is 5.43 Å². The van der Waals surface area contributed by atoms with E-state index in [1.165, 1.54) is 6.21 Å². The first-order chi connectivity index (χ1) is 12.5. The molecule has 7 heteroatoms. The number of halogens is 2. The van der Waals surface area contributed by atoms with E-state index in [0.717, 1.165) is 0 Å². The van der Waals surface area contributed by atoms with Gasteiger partial charge < -0.3 is 9.52 Å². The van der Waals surface area contributed by atoms with E-state index in [0.29, 0.717) is 32.7 Å². The molecule has 0 saturated carbocycles. The Balaban J connectivity index is 1.66. The molecule has 0 saturated heterocycles. The lowest BCUT2D eigenvalue weighted by atomic mass is 10.1. The Kier molecular flexibility index (Phi) is 5.73.